The first-order valence-electron chi connectivity index (χ1n) is 19.0. The van der Waals surface area contributed by atoms with Gasteiger partial charge in [-0.2, -0.15) is 0 Å². The average molecular weight is 764 g/mol. The maximum atomic E-state index is 5.46. The molecule has 0 spiro atoms. The Kier molecular flexibility index (Phi) is 7.94. The Morgan fingerprint density at radius 2 is 1.07 bits per heavy atom. The molecule has 0 amide bonds. The zero-order valence-corrected chi connectivity index (χ0v) is 32.5. The molecule has 5 nitrogen and oxygen atoms in total. The molecule has 0 radical (unpaired) electrons. The molecule has 0 saturated carbocycles. The number of fused-ring (bicyclic) bond motifs is 6. The fourth-order valence-corrected chi connectivity index (χ4v) is 14.6. The minimum Gasteiger partial charge on any atom is -0.275 e. The summed E-state index contributed by atoms with van der Waals surface area (Å²) < 4.78 is 4.60. The van der Waals surface area contributed by atoms with E-state index in [4.69, 9.17) is 15.0 Å². The van der Waals surface area contributed by atoms with Crippen LogP contribution in [0.1, 0.15) is 0 Å². The fraction of sp³-hybridized carbons (Fsp3) is 0. The number of aromatic nitrogens is 5. The molecule has 0 aliphatic rings. The molecule has 0 fully saturated rings. The van der Waals surface area contributed by atoms with Crippen LogP contribution >= 0.6 is 11.3 Å². The normalized spacial score (nSPS) is 11.9. The molecular formula is C50H33N5SSi. The molecule has 0 saturated heterocycles. The minimum atomic E-state index is -2.80. The zero-order valence-electron chi connectivity index (χ0n) is 30.7. The first kappa shape index (κ1) is 33.3. The smallest absolute Gasteiger partial charge is 0.235 e. The molecule has 11 rings (SSSR count). The van der Waals surface area contributed by atoms with Crippen molar-refractivity contribution in [3.05, 3.63) is 201 Å². The Morgan fingerprint density at radius 3 is 1.81 bits per heavy atom. The Labute approximate surface area is 334 Å². The van der Waals surface area contributed by atoms with Gasteiger partial charge in [-0.15, -0.1) is 11.3 Å². The van der Waals surface area contributed by atoms with E-state index in [-0.39, 0.29) is 0 Å². The van der Waals surface area contributed by atoms with Crippen molar-refractivity contribution in [2.75, 3.05) is 0 Å². The van der Waals surface area contributed by atoms with Crippen molar-refractivity contribution in [1.29, 1.82) is 0 Å². The second-order valence-corrected chi connectivity index (χ2v) is 19.1. The second-order valence-electron chi connectivity index (χ2n) is 14.3. The lowest BCUT2D eigenvalue weighted by Gasteiger charge is -2.34. The van der Waals surface area contributed by atoms with E-state index in [9.17, 15) is 0 Å². The van der Waals surface area contributed by atoms with E-state index in [0.717, 1.165) is 44.5 Å². The van der Waals surface area contributed by atoms with E-state index in [1.807, 2.05) is 23.6 Å². The molecule has 4 heterocycles. The third-order valence-corrected chi connectivity index (χ3v) is 17.0. The van der Waals surface area contributed by atoms with Crippen LogP contribution in [-0.2, 0) is 0 Å². The fourth-order valence-electron chi connectivity index (χ4n) is 8.69. The summed E-state index contributed by atoms with van der Waals surface area (Å²) in [5, 5.41) is 8.71. The summed E-state index contributed by atoms with van der Waals surface area (Å²) in [5.41, 5.74) is 6.50. The lowest BCUT2D eigenvalue weighted by molar-refractivity contribution is 0.990. The number of thiophene rings is 1. The van der Waals surface area contributed by atoms with Gasteiger partial charge in [0.2, 0.25) is 5.95 Å². The summed E-state index contributed by atoms with van der Waals surface area (Å²) >= 11 is 1.81. The van der Waals surface area contributed by atoms with E-state index in [2.05, 4.69) is 192 Å². The number of hydrogen-bond acceptors (Lipinski definition) is 5. The largest absolute Gasteiger partial charge is 0.275 e. The third-order valence-electron chi connectivity index (χ3n) is 11.1. The van der Waals surface area contributed by atoms with E-state index >= 15 is 0 Å². The maximum Gasteiger partial charge on any atom is 0.235 e. The van der Waals surface area contributed by atoms with Crippen LogP contribution < -0.4 is 20.7 Å². The summed E-state index contributed by atoms with van der Waals surface area (Å²) in [6.45, 7) is 0. The quantitative estimate of drug-likeness (QED) is 0.120. The summed E-state index contributed by atoms with van der Waals surface area (Å²) in [5.74, 6) is 0.572. The highest BCUT2D eigenvalue weighted by Gasteiger charge is 2.41. The Bertz CT molecular complexity index is 3100. The van der Waals surface area contributed by atoms with E-state index in [1.54, 1.807) is 6.33 Å². The summed E-state index contributed by atoms with van der Waals surface area (Å²) in [6.07, 6.45) is 3.48. The van der Waals surface area contributed by atoms with Gasteiger partial charge in [-0.3, -0.25) is 4.57 Å². The Balaban J connectivity index is 1.21. The standard InChI is InChI=1S/C50H33N5SSi/c1-4-17-35(18-5-1)57(36-19-6-2-7-20-36,37-21-8-3-9-22-37)38-23-14-16-34(30-38)42-31-43(39-26-15-29-47-48(39)41-25-11-13-28-46(41)56-47)54-50(53-42)55-44-27-12-10-24-40(44)49-45(55)32-51-33-52-49/h1-33H. The Morgan fingerprint density at radius 1 is 0.474 bits per heavy atom. The molecule has 0 aliphatic carbocycles. The highest BCUT2D eigenvalue weighted by molar-refractivity contribution is 7.26. The van der Waals surface area contributed by atoms with Crippen LogP contribution in [0.15, 0.2) is 201 Å². The van der Waals surface area contributed by atoms with Crippen molar-refractivity contribution in [1.82, 2.24) is 24.5 Å². The van der Waals surface area contributed by atoms with Crippen LogP contribution in [0.4, 0.5) is 0 Å². The van der Waals surface area contributed by atoms with Gasteiger partial charge in [-0.05, 0) is 45.0 Å². The van der Waals surface area contributed by atoms with Crippen molar-refractivity contribution >= 4 is 82.3 Å². The first-order valence-corrected chi connectivity index (χ1v) is 21.9. The van der Waals surface area contributed by atoms with Gasteiger partial charge in [0.05, 0.1) is 34.1 Å². The highest BCUT2D eigenvalue weighted by atomic mass is 32.1. The van der Waals surface area contributed by atoms with Crippen molar-refractivity contribution in [3.8, 4) is 28.5 Å². The molecule has 4 aromatic heterocycles. The number of rotatable bonds is 7. The molecule has 0 bridgehead atoms. The molecule has 0 aliphatic heterocycles. The van der Waals surface area contributed by atoms with Gasteiger partial charge in [0, 0.05) is 36.7 Å². The van der Waals surface area contributed by atoms with Gasteiger partial charge in [0.25, 0.3) is 0 Å². The van der Waals surface area contributed by atoms with Crippen molar-refractivity contribution in [3.63, 3.8) is 0 Å². The van der Waals surface area contributed by atoms with Crippen molar-refractivity contribution in [2.45, 2.75) is 0 Å². The van der Waals surface area contributed by atoms with Gasteiger partial charge >= 0.3 is 0 Å². The van der Waals surface area contributed by atoms with Gasteiger partial charge in [0.1, 0.15) is 6.33 Å². The number of benzene rings is 7. The van der Waals surface area contributed by atoms with Crippen LogP contribution in [0.25, 0.3) is 70.6 Å². The van der Waals surface area contributed by atoms with Crippen molar-refractivity contribution < 1.29 is 0 Å². The summed E-state index contributed by atoms with van der Waals surface area (Å²) in [7, 11) is -2.80. The molecule has 7 heteroatoms. The molecule has 268 valence electrons. The predicted octanol–water partition coefficient (Wildman–Crippen LogP) is 9.44. The van der Waals surface area contributed by atoms with Gasteiger partial charge < -0.3 is 0 Å². The van der Waals surface area contributed by atoms with Crippen LogP contribution in [-0.4, -0.2) is 32.6 Å². The van der Waals surface area contributed by atoms with Crippen LogP contribution in [0.2, 0.25) is 0 Å². The van der Waals surface area contributed by atoms with E-state index in [1.165, 1.54) is 40.9 Å². The maximum absolute atomic E-state index is 5.46. The van der Waals surface area contributed by atoms with E-state index in [0.29, 0.717) is 5.95 Å². The molecule has 11 aromatic rings. The molecule has 57 heavy (non-hydrogen) atoms. The van der Waals surface area contributed by atoms with Gasteiger partial charge in [-0.1, -0.05) is 164 Å². The summed E-state index contributed by atoms with van der Waals surface area (Å²) in [4.78, 5) is 20.1. The molecule has 7 aromatic carbocycles. The van der Waals surface area contributed by atoms with Crippen LogP contribution in [0.5, 0.6) is 0 Å². The molecular weight excluding hydrogens is 731 g/mol. The minimum absolute atomic E-state index is 0.572. The average Bonchev–Trinajstić information content (AvgIpc) is 3.84. The molecule has 0 atom stereocenters. The highest BCUT2D eigenvalue weighted by Crippen LogP contribution is 2.40. The second kappa shape index (κ2) is 13.6. The lowest BCUT2D eigenvalue weighted by Crippen LogP contribution is -2.74. The van der Waals surface area contributed by atoms with E-state index < -0.39 is 8.07 Å². The molecule has 0 N–H and O–H groups in total. The van der Waals surface area contributed by atoms with Gasteiger partial charge in [-0.25, -0.2) is 19.9 Å². The number of nitrogens with zero attached hydrogens (tertiary/aromatic N) is 5. The monoisotopic (exact) mass is 763 g/mol. The van der Waals surface area contributed by atoms with Crippen LogP contribution in [0, 0.1) is 0 Å². The predicted molar refractivity (Wildman–Crippen MR) is 239 cm³/mol. The van der Waals surface area contributed by atoms with Gasteiger partial charge in [0.15, 0.2) is 8.07 Å². The van der Waals surface area contributed by atoms with Crippen molar-refractivity contribution in [2.24, 2.45) is 0 Å². The lowest BCUT2D eigenvalue weighted by atomic mass is 10.0. The first-order chi connectivity index (χ1) is 28.3. The number of para-hydroxylation sites is 1. The third kappa shape index (κ3) is 5.35. The SMILES string of the molecule is c1ccc([Si](c2ccccc2)(c2ccccc2)c2cccc(-c3cc(-c4cccc5sc6ccccc6c45)nc(-n4c5ccccc5c5ncncc54)n3)c2)cc1. The Hall–Kier alpha value is -7.06. The zero-order chi connectivity index (χ0) is 37.8. The summed E-state index contributed by atoms with van der Waals surface area (Å²) in [6, 6.07) is 67.9. The topological polar surface area (TPSA) is 56.5 Å². The number of hydrogen-bond donors (Lipinski definition) is 0. The molecule has 0 unspecified atom stereocenters. The van der Waals surface area contributed by atoms with Crippen LogP contribution in [0.3, 0.4) is 0 Å².